The predicted molar refractivity (Wildman–Crippen MR) is 138 cm³/mol. The lowest BCUT2D eigenvalue weighted by molar-refractivity contribution is 0.1000. The molecule has 7 nitrogen and oxygen atoms in total. The number of imidazole rings is 1. The number of amides is 1. The second-order valence-electron chi connectivity index (χ2n) is 8.61. The van der Waals surface area contributed by atoms with Crippen LogP contribution in [0.15, 0.2) is 60.8 Å². The van der Waals surface area contributed by atoms with Gasteiger partial charge in [0.15, 0.2) is 0 Å². The quantitative estimate of drug-likeness (QED) is 0.338. The van der Waals surface area contributed by atoms with Crippen molar-refractivity contribution in [3.05, 3.63) is 94.6 Å². The van der Waals surface area contributed by atoms with Crippen LogP contribution in [0.5, 0.6) is 0 Å². The topological polar surface area (TPSA) is 114 Å². The van der Waals surface area contributed by atoms with Crippen molar-refractivity contribution in [2.45, 2.75) is 44.9 Å². The van der Waals surface area contributed by atoms with E-state index in [1.165, 1.54) is 5.56 Å². The lowest BCUT2D eigenvalue weighted by atomic mass is 9.90. The molecule has 5 rings (SSSR count). The third kappa shape index (κ3) is 4.89. The summed E-state index contributed by atoms with van der Waals surface area (Å²) in [5.74, 6) is 0.475. The molecule has 1 aliphatic rings. The first kappa shape index (κ1) is 24.1. The highest BCUT2D eigenvalue weighted by molar-refractivity contribution is 8.93. The number of para-hydroxylation sites is 2. The van der Waals surface area contributed by atoms with Crippen LogP contribution in [0.4, 0.5) is 0 Å². The molecule has 2 aromatic heterocycles. The Labute approximate surface area is 209 Å². The van der Waals surface area contributed by atoms with Crippen molar-refractivity contribution in [1.82, 2.24) is 19.9 Å². The maximum Gasteiger partial charge on any atom is 0.248 e. The summed E-state index contributed by atoms with van der Waals surface area (Å²) < 4.78 is 0. The largest absolute Gasteiger partial charge is 0.366 e. The molecule has 1 aliphatic carbocycles. The first-order chi connectivity index (χ1) is 16.1. The van der Waals surface area contributed by atoms with Gasteiger partial charge in [-0.05, 0) is 66.3 Å². The van der Waals surface area contributed by atoms with Gasteiger partial charge in [0.2, 0.25) is 5.91 Å². The van der Waals surface area contributed by atoms with Crippen LogP contribution in [-0.2, 0) is 26.1 Å². The van der Waals surface area contributed by atoms with Gasteiger partial charge >= 0.3 is 0 Å². The highest BCUT2D eigenvalue weighted by Gasteiger charge is 2.28. The molecule has 176 valence electrons. The average molecular weight is 521 g/mol. The summed E-state index contributed by atoms with van der Waals surface area (Å²) in [6.07, 6.45) is 5.08. The Balaban J connectivity index is 0.00000274. The lowest BCUT2D eigenvalue weighted by Gasteiger charge is -2.35. The maximum atomic E-state index is 11.7. The van der Waals surface area contributed by atoms with Crippen LogP contribution in [0, 0.1) is 0 Å². The number of carbonyl (C=O) groups excluding carboxylic acids is 1. The fraction of sp³-hybridized carbons (Fsp3) is 0.269. The number of primary amides is 1. The van der Waals surface area contributed by atoms with E-state index in [1.807, 2.05) is 48.7 Å². The molecule has 0 bridgehead atoms. The summed E-state index contributed by atoms with van der Waals surface area (Å²) in [5, 5.41) is 0. The molecule has 1 atom stereocenters. The number of nitrogens with two attached hydrogens (primary N) is 2. The first-order valence-electron chi connectivity index (χ1n) is 11.4. The van der Waals surface area contributed by atoms with Gasteiger partial charge in [-0.2, -0.15) is 0 Å². The third-order valence-corrected chi connectivity index (χ3v) is 6.48. The van der Waals surface area contributed by atoms with Crippen molar-refractivity contribution in [2.75, 3.05) is 0 Å². The number of carbonyl (C=O) groups is 1. The van der Waals surface area contributed by atoms with Gasteiger partial charge in [0.25, 0.3) is 0 Å². The summed E-state index contributed by atoms with van der Waals surface area (Å²) >= 11 is 0. The van der Waals surface area contributed by atoms with E-state index in [0.29, 0.717) is 25.2 Å². The second kappa shape index (κ2) is 10.5. The van der Waals surface area contributed by atoms with Gasteiger partial charge in [0, 0.05) is 24.8 Å². The van der Waals surface area contributed by atoms with Crippen LogP contribution >= 0.6 is 17.0 Å². The van der Waals surface area contributed by atoms with Crippen molar-refractivity contribution in [1.29, 1.82) is 0 Å². The van der Waals surface area contributed by atoms with Gasteiger partial charge in [-0.1, -0.05) is 24.3 Å². The number of nitrogens with one attached hydrogen (secondary N) is 1. The minimum Gasteiger partial charge on any atom is -0.366 e. The zero-order valence-electron chi connectivity index (χ0n) is 18.9. The Kier molecular flexibility index (Phi) is 7.41. The molecule has 0 fully saturated rings. The van der Waals surface area contributed by atoms with E-state index in [9.17, 15) is 4.79 Å². The molecule has 2 aromatic carbocycles. The number of nitrogens with zero attached hydrogens (tertiary/aromatic N) is 3. The summed E-state index contributed by atoms with van der Waals surface area (Å²) in [6, 6.07) is 18.0. The number of pyridine rings is 1. The molecule has 2 heterocycles. The monoisotopic (exact) mass is 520 g/mol. The maximum absolute atomic E-state index is 11.7. The van der Waals surface area contributed by atoms with Crippen LogP contribution in [0.2, 0.25) is 0 Å². The SMILES string of the molecule is Br.NCc1cc(C(N)=O)ccc1CN(Cc1nc2ccccc2[nH]1)C1CCCc2cccnc21. The molecule has 0 saturated carbocycles. The second-order valence-corrected chi connectivity index (χ2v) is 8.61. The van der Waals surface area contributed by atoms with Crippen LogP contribution in [0.25, 0.3) is 11.0 Å². The Morgan fingerprint density at radius 1 is 1.09 bits per heavy atom. The molecule has 1 unspecified atom stereocenters. The normalized spacial score (nSPS) is 15.2. The summed E-state index contributed by atoms with van der Waals surface area (Å²) in [5.41, 5.74) is 18.5. The first-order valence-corrected chi connectivity index (χ1v) is 11.4. The fourth-order valence-corrected chi connectivity index (χ4v) is 4.83. The number of halogens is 1. The van der Waals surface area contributed by atoms with E-state index in [2.05, 4.69) is 16.0 Å². The van der Waals surface area contributed by atoms with E-state index >= 15 is 0 Å². The van der Waals surface area contributed by atoms with Gasteiger partial charge in [-0.15, -0.1) is 17.0 Å². The van der Waals surface area contributed by atoms with Crippen molar-refractivity contribution < 1.29 is 4.79 Å². The van der Waals surface area contributed by atoms with Crippen molar-refractivity contribution >= 4 is 33.9 Å². The van der Waals surface area contributed by atoms with Crippen LogP contribution in [-0.4, -0.2) is 25.8 Å². The number of aromatic amines is 1. The van der Waals surface area contributed by atoms with E-state index in [4.69, 9.17) is 21.4 Å². The highest BCUT2D eigenvalue weighted by atomic mass is 79.9. The smallest absolute Gasteiger partial charge is 0.248 e. The molecule has 1 amide bonds. The van der Waals surface area contributed by atoms with E-state index in [-0.39, 0.29) is 23.0 Å². The number of aryl methyl sites for hydroxylation is 1. The molecule has 0 spiro atoms. The van der Waals surface area contributed by atoms with Crippen LogP contribution in [0.1, 0.15) is 57.5 Å². The van der Waals surface area contributed by atoms with Crippen LogP contribution < -0.4 is 11.5 Å². The Morgan fingerprint density at radius 3 is 2.74 bits per heavy atom. The summed E-state index contributed by atoms with van der Waals surface area (Å²) in [4.78, 5) is 27.1. The van der Waals surface area contributed by atoms with E-state index < -0.39 is 5.91 Å². The third-order valence-electron chi connectivity index (χ3n) is 6.48. The molecule has 4 aromatic rings. The average Bonchev–Trinajstić information content (AvgIpc) is 3.26. The fourth-order valence-electron chi connectivity index (χ4n) is 4.83. The number of benzene rings is 2. The van der Waals surface area contributed by atoms with Gasteiger partial charge < -0.3 is 16.5 Å². The number of hydrogen-bond acceptors (Lipinski definition) is 5. The van der Waals surface area contributed by atoms with Crippen LogP contribution in [0.3, 0.4) is 0 Å². The Bertz CT molecular complexity index is 1270. The number of fused-ring (bicyclic) bond motifs is 2. The Morgan fingerprint density at radius 2 is 1.94 bits per heavy atom. The molecule has 0 saturated heterocycles. The highest BCUT2D eigenvalue weighted by Crippen LogP contribution is 2.35. The summed E-state index contributed by atoms with van der Waals surface area (Å²) in [6.45, 7) is 1.66. The van der Waals surface area contributed by atoms with Crippen molar-refractivity contribution in [3.8, 4) is 0 Å². The molecule has 34 heavy (non-hydrogen) atoms. The number of hydrogen-bond donors (Lipinski definition) is 3. The predicted octanol–water partition coefficient (Wildman–Crippen LogP) is 4.17. The van der Waals surface area contributed by atoms with Crippen molar-refractivity contribution in [2.24, 2.45) is 11.5 Å². The molecule has 0 radical (unpaired) electrons. The van der Waals surface area contributed by atoms with Gasteiger partial charge in [0.1, 0.15) is 5.82 Å². The Hall–Kier alpha value is -3.07. The van der Waals surface area contributed by atoms with Crippen molar-refractivity contribution in [3.63, 3.8) is 0 Å². The number of rotatable bonds is 7. The van der Waals surface area contributed by atoms with E-state index in [1.54, 1.807) is 6.07 Å². The van der Waals surface area contributed by atoms with Gasteiger partial charge in [-0.3, -0.25) is 14.7 Å². The molecular formula is C26H29BrN6O. The molecule has 5 N–H and O–H groups in total. The lowest BCUT2D eigenvalue weighted by Crippen LogP contribution is -2.32. The number of aromatic nitrogens is 3. The minimum atomic E-state index is -0.444. The minimum absolute atomic E-state index is 0. The van der Waals surface area contributed by atoms with Gasteiger partial charge in [0.05, 0.1) is 29.3 Å². The molecule has 0 aliphatic heterocycles. The zero-order chi connectivity index (χ0) is 22.8. The molecule has 8 heteroatoms. The molecular weight excluding hydrogens is 492 g/mol. The summed E-state index contributed by atoms with van der Waals surface area (Å²) in [7, 11) is 0. The van der Waals surface area contributed by atoms with Gasteiger partial charge in [-0.25, -0.2) is 4.98 Å². The zero-order valence-corrected chi connectivity index (χ0v) is 20.6. The number of H-pyrrole nitrogens is 1. The van der Waals surface area contributed by atoms with E-state index in [0.717, 1.165) is 52.9 Å². The standard InChI is InChI=1S/C26H28N6O.BrH/c27-14-20-13-18(26(28)33)10-11-19(20)15-32(16-24-30-21-7-1-2-8-22(21)31-24)23-9-3-5-17-6-4-12-29-25(17)23;/h1-2,4,6-8,10-13,23H,3,5,9,14-16,27H2,(H2,28,33)(H,30,31);1H.